The molecule has 1 aromatic carbocycles. The van der Waals surface area contributed by atoms with E-state index in [0.717, 1.165) is 19.4 Å². The largest absolute Gasteiger partial charge is 0.362 e. The number of para-hydroxylation sites is 1. The fourth-order valence-electron chi connectivity index (χ4n) is 1.15. The highest BCUT2D eigenvalue weighted by atomic mass is 79.9. The van der Waals surface area contributed by atoms with Crippen LogP contribution in [0, 0.1) is 5.82 Å². The lowest BCUT2D eigenvalue weighted by molar-refractivity contribution is 0.631. The van der Waals surface area contributed by atoms with Gasteiger partial charge in [0, 0.05) is 11.0 Å². The Hall–Kier alpha value is -0.680. The Morgan fingerprint density at radius 1 is 1.50 bits per heavy atom. The Labute approximate surface area is 109 Å². The van der Waals surface area contributed by atoms with Crippen LogP contribution in [0.4, 0.5) is 10.1 Å². The first kappa shape index (κ1) is 13.4. The van der Waals surface area contributed by atoms with E-state index in [1.54, 1.807) is 12.1 Å². The van der Waals surface area contributed by atoms with Gasteiger partial charge in [0.05, 0.1) is 5.69 Å². The van der Waals surface area contributed by atoms with Crippen molar-refractivity contribution < 1.29 is 4.39 Å². The molecular formula is C11H14BrFN2S. The van der Waals surface area contributed by atoms with Gasteiger partial charge in [-0.1, -0.05) is 19.4 Å². The summed E-state index contributed by atoms with van der Waals surface area (Å²) in [6, 6.07) is 4.79. The first-order chi connectivity index (χ1) is 7.65. The number of unbranched alkanes of at least 4 members (excludes halogenated alkanes) is 1. The maximum absolute atomic E-state index is 13.4. The summed E-state index contributed by atoms with van der Waals surface area (Å²) >= 11 is 8.33. The molecule has 0 radical (unpaired) electrons. The second-order valence-electron chi connectivity index (χ2n) is 3.33. The van der Waals surface area contributed by atoms with E-state index in [1.165, 1.54) is 6.07 Å². The quantitative estimate of drug-likeness (QED) is 0.655. The third-order valence-corrected chi connectivity index (χ3v) is 2.92. The summed E-state index contributed by atoms with van der Waals surface area (Å²) in [6.07, 6.45) is 2.14. The highest BCUT2D eigenvalue weighted by Gasteiger charge is 2.07. The SMILES string of the molecule is CCCCNC(=S)Nc1c(F)cccc1Br. The zero-order valence-electron chi connectivity index (χ0n) is 9.02. The lowest BCUT2D eigenvalue weighted by atomic mass is 10.3. The van der Waals surface area contributed by atoms with Crippen LogP contribution in [0.5, 0.6) is 0 Å². The summed E-state index contributed by atoms with van der Waals surface area (Å²) in [6.45, 7) is 2.90. The third kappa shape index (κ3) is 4.06. The second-order valence-corrected chi connectivity index (χ2v) is 4.59. The van der Waals surface area contributed by atoms with Crippen molar-refractivity contribution in [2.45, 2.75) is 19.8 Å². The number of halogens is 2. The highest BCUT2D eigenvalue weighted by Crippen LogP contribution is 2.24. The summed E-state index contributed by atoms with van der Waals surface area (Å²) in [5.41, 5.74) is 0.372. The number of hydrogen-bond acceptors (Lipinski definition) is 1. The molecule has 0 heterocycles. The first-order valence-corrected chi connectivity index (χ1v) is 6.34. The van der Waals surface area contributed by atoms with Crippen LogP contribution >= 0.6 is 28.1 Å². The predicted octanol–water partition coefficient (Wildman–Crippen LogP) is 3.67. The molecule has 2 N–H and O–H groups in total. The van der Waals surface area contributed by atoms with Crippen LogP contribution in [-0.4, -0.2) is 11.7 Å². The number of thiocarbonyl (C=S) groups is 1. The standard InChI is InChI=1S/C11H14BrFN2S/c1-2-3-7-14-11(16)15-10-8(12)5-4-6-9(10)13/h4-6H,2-3,7H2,1H3,(H2,14,15,16). The Bertz CT molecular complexity index is 351. The van der Waals surface area contributed by atoms with Gasteiger partial charge in [-0.15, -0.1) is 0 Å². The van der Waals surface area contributed by atoms with Crippen LogP contribution in [0.15, 0.2) is 22.7 Å². The molecule has 0 bridgehead atoms. The van der Waals surface area contributed by atoms with Crippen molar-refractivity contribution >= 4 is 38.9 Å². The smallest absolute Gasteiger partial charge is 0.170 e. The molecule has 0 saturated heterocycles. The highest BCUT2D eigenvalue weighted by molar-refractivity contribution is 9.10. The number of anilines is 1. The minimum absolute atomic E-state index is 0.325. The molecule has 0 aromatic heterocycles. The molecule has 0 aliphatic heterocycles. The molecule has 1 rings (SSSR count). The molecule has 0 saturated carbocycles. The molecule has 0 fully saturated rings. The van der Waals surface area contributed by atoms with Crippen LogP contribution in [0.25, 0.3) is 0 Å². The maximum atomic E-state index is 13.4. The van der Waals surface area contributed by atoms with E-state index in [9.17, 15) is 4.39 Å². The van der Waals surface area contributed by atoms with Gasteiger partial charge in [0.15, 0.2) is 5.11 Å². The van der Waals surface area contributed by atoms with E-state index in [4.69, 9.17) is 12.2 Å². The van der Waals surface area contributed by atoms with Crippen LogP contribution in [0.1, 0.15) is 19.8 Å². The van der Waals surface area contributed by atoms with Gasteiger partial charge in [-0.2, -0.15) is 0 Å². The fraction of sp³-hybridized carbons (Fsp3) is 0.364. The molecule has 1 aromatic rings. The van der Waals surface area contributed by atoms with Gasteiger partial charge in [-0.3, -0.25) is 0 Å². The van der Waals surface area contributed by atoms with Crippen molar-refractivity contribution in [1.29, 1.82) is 0 Å². The van der Waals surface area contributed by atoms with Crippen LogP contribution in [-0.2, 0) is 0 Å². The maximum Gasteiger partial charge on any atom is 0.170 e. The number of nitrogens with one attached hydrogen (secondary N) is 2. The van der Waals surface area contributed by atoms with Gasteiger partial charge in [-0.25, -0.2) is 4.39 Å². The van der Waals surface area contributed by atoms with Crippen LogP contribution < -0.4 is 10.6 Å². The summed E-state index contributed by atoms with van der Waals surface area (Å²) in [7, 11) is 0. The lowest BCUT2D eigenvalue weighted by Crippen LogP contribution is -2.29. The van der Waals surface area contributed by atoms with Crippen molar-refractivity contribution in [2.75, 3.05) is 11.9 Å². The Kier molecular flexibility index (Phi) is 5.69. The average molecular weight is 305 g/mol. The monoisotopic (exact) mass is 304 g/mol. The number of hydrogen-bond donors (Lipinski definition) is 2. The summed E-state index contributed by atoms with van der Waals surface area (Å²) in [4.78, 5) is 0. The molecule has 16 heavy (non-hydrogen) atoms. The van der Waals surface area contributed by atoms with E-state index in [2.05, 4.69) is 33.5 Å². The Morgan fingerprint density at radius 2 is 2.25 bits per heavy atom. The van der Waals surface area contributed by atoms with Gasteiger partial charge in [0.25, 0.3) is 0 Å². The molecule has 0 aliphatic rings. The first-order valence-electron chi connectivity index (χ1n) is 5.14. The Morgan fingerprint density at radius 3 is 2.88 bits per heavy atom. The third-order valence-electron chi connectivity index (χ3n) is 2.02. The van der Waals surface area contributed by atoms with Crippen molar-refractivity contribution in [3.63, 3.8) is 0 Å². The number of benzene rings is 1. The van der Waals surface area contributed by atoms with Crippen molar-refractivity contribution in [2.24, 2.45) is 0 Å². The molecule has 2 nitrogen and oxygen atoms in total. The van der Waals surface area contributed by atoms with Gasteiger partial charge in [0.1, 0.15) is 5.82 Å². The molecule has 5 heteroatoms. The molecule has 0 unspecified atom stereocenters. The van der Waals surface area contributed by atoms with E-state index < -0.39 is 0 Å². The van der Waals surface area contributed by atoms with Gasteiger partial charge in [-0.05, 0) is 46.7 Å². The molecule has 0 spiro atoms. The Balaban J connectivity index is 2.56. The van der Waals surface area contributed by atoms with E-state index in [0.29, 0.717) is 15.3 Å². The lowest BCUT2D eigenvalue weighted by Gasteiger charge is -2.12. The van der Waals surface area contributed by atoms with Crippen molar-refractivity contribution in [3.8, 4) is 0 Å². The van der Waals surface area contributed by atoms with E-state index in [1.807, 2.05) is 0 Å². The van der Waals surface area contributed by atoms with Gasteiger partial charge < -0.3 is 10.6 Å². The molecule has 0 amide bonds. The zero-order valence-corrected chi connectivity index (χ0v) is 11.4. The van der Waals surface area contributed by atoms with Gasteiger partial charge in [0.2, 0.25) is 0 Å². The molecule has 0 atom stereocenters. The van der Waals surface area contributed by atoms with Crippen molar-refractivity contribution in [1.82, 2.24) is 5.32 Å². The van der Waals surface area contributed by atoms with E-state index in [-0.39, 0.29) is 5.82 Å². The zero-order chi connectivity index (χ0) is 12.0. The number of rotatable bonds is 4. The van der Waals surface area contributed by atoms with Gasteiger partial charge >= 0.3 is 0 Å². The van der Waals surface area contributed by atoms with Crippen LogP contribution in [0.3, 0.4) is 0 Å². The summed E-state index contributed by atoms with van der Waals surface area (Å²) < 4.78 is 14.1. The molecular weight excluding hydrogens is 291 g/mol. The van der Waals surface area contributed by atoms with Crippen LogP contribution in [0.2, 0.25) is 0 Å². The normalized spacial score (nSPS) is 9.94. The summed E-state index contributed by atoms with van der Waals surface area (Å²) in [5, 5.41) is 6.30. The second kappa shape index (κ2) is 6.81. The molecule has 88 valence electrons. The minimum atomic E-state index is -0.325. The van der Waals surface area contributed by atoms with Crippen molar-refractivity contribution in [3.05, 3.63) is 28.5 Å². The summed E-state index contributed by atoms with van der Waals surface area (Å²) in [5.74, 6) is -0.325. The minimum Gasteiger partial charge on any atom is -0.362 e. The fourth-order valence-corrected chi connectivity index (χ4v) is 1.80. The predicted molar refractivity (Wildman–Crippen MR) is 73.2 cm³/mol. The molecule has 0 aliphatic carbocycles. The van der Waals surface area contributed by atoms with E-state index >= 15 is 0 Å². The average Bonchev–Trinajstić information content (AvgIpc) is 2.24. The topological polar surface area (TPSA) is 24.1 Å².